The first kappa shape index (κ1) is 14.1. The lowest BCUT2D eigenvalue weighted by molar-refractivity contribution is -0.913. The highest BCUT2D eigenvalue weighted by Gasteiger charge is 2.50. The van der Waals surface area contributed by atoms with Gasteiger partial charge in [0.1, 0.15) is 6.17 Å². The molecule has 0 saturated carbocycles. The lowest BCUT2D eigenvalue weighted by Crippen LogP contribution is -2.62. The van der Waals surface area contributed by atoms with Crippen LogP contribution in [0.4, 0.5) is 0 Å². The second-order valence-corrected chi connectivity index (χ2v) is 7.77. The first-order valence-corrected chi connectivity index (χ1v) is 7.98. The molecule has 2 unspecified atom stereocenters. The van der Waals surface area contributed by atoms with E-state index >= 15 is 0 Å². The molecule has 0 aliphatic carbocycles. The Kier molecular flexibility index (Phi) is 4.94. The molecule has 0 amide bonds. The second-order valence-electron chi connectivity index (χ2n) is 4.86. The minimum Gasteiger partial charge on any atom is -0.374 e. The summed E-state index contributed by atoms with van der Waals surface area (Å²) < 4.78 is 17.6. The Morgan fingerprint density at radius 2 is 1.75 bits per heavy atom. The highest BCUT2D eigenvalue weighted by molar-refractivity contribution is 6.60. The van der Waals surface area contributed by atoms with Crippen LogP contribution < -0.4 is 0 Å². The van der Waals surface area contributed by atoms with Gasteiger partial charge in [0.15, 0.2) is 0 Å². The molecule has 0 spiro atoms. The minimum absolute atomic E-state index is 0.729. The summed E-state index contributed by atoms with van der Waals surface area (Å²) in [7, 11) is 4.96. The maximum atomic E-state index is 5.54. The molecule has 1 aliphatic heterocycles. The molecule has 4 nitrogen and oxygen atoms in total. The number of hydrogen-bond acceptors (Lipinski definition) is 3. The fourth-order valence-corrected chi connectivity index (χ4v) is 5.11. The van der Waals surface area contributed by atoms with Crippen LogP contribution in [-0.4, -0.2) is 60.4 Å². The normalized spacial score (nSPS) is 30.9. The molecule has 96 valence electrons. The number of nitrogens with zero attached hydrogens (tertiary/aromatic N) is 1. The van der Waals surface area contributed by atoms with E-state index in [1.165, 1.54) is 25.8 Å². The summed E-state index contributed by atoms with van der Waals surface area (Å²) in [6, 6.07) is 0.729. The van der Waals surface area contributed by atoms with Gasteiger partial charge >= 0.3 is 8.80 Å². The third-order valence-corrected chi connectivity index (χ3v) is 7.02. The lowest BCUT2D eigenvalue weighted by Gasteiger charge is -2.40. The van der Waals surface area contributed by atoms with Crippen molar-refractivity contribution in [2.45, 2.75) is 32.2 Å². The van der Waals surface area contributed by atoms with Crippen LogP contribution in [0.5, 0.6) is 0 Å². The van der Waals surface area contributed by atoms with Crippen molar-refractivity contribution in [1.82, 2.24) is 0 Å². The molecule has 0 aromatic carbocycles. The van der Waals surface area contributed by atoms with Crippen molar-refractivity contribution in [3.05, 3.63) is 0 Å². The van der Waals surface area contributed by atoms with Crippen LogP contribution in [0.3, 0.4) is 0 Å². The van der Waals surface area contributed by atoms with Crippen LogP contribution in [-0.2, 0) is 13.3 Å². The Bertz CT molecular complexity index is 215. The summed E-state index contributed by atoms with van der Waals surface area (Å²) in [5, 5.41) is 0. The summed E-state index contributed by atoms with van der Waals surface area (Å²) in [5.41, 5.74) is 0. The van der Waals surface area contributed by atoms with Gasteiger partial charge in [-0.25, -0.2) is 0 Å². The van der Waals surface area contributed by atoms with Crippen molar-refractivity contribution >= 4 is 8.80 Å². The molecule has 0 aromatic rings. The quantitative estimate of drug-likeness (QED) is 0.526. The van der Waals surface area contributed by atoms with E-state index in [1.807, 2.05) is 0 Å². The van der Waals surface area contributed by atoms with Crippen LogP contribution in [0.2, 0.25) is 0 Å². The van der Waals surface area contributed by atoms with E-state index in [4.69, 9.17) is 13.3 Å². The van der Waals surface area contributed by atoms with Crippen molar-refractivity contribution in [3.8, 4) is 0 Å². The molecular formula is C11H26NO3Si+. The Balaban J connectivity index is 2.76. The van der Waals surface area contributed by atoms with Gasteiger partial charge in [-0.15, -0.1) is 0 Å². The van der Waals surface area contributed by atoms with Crippen molar-refractivity contribution in [3.63, 3.8) is 0 Å². The summed E-state index contributed by atoms with van der Waals surface area (Å²) in [5.74, 6) is 0. The van der Waals surface area contributed by atoms with Gasteiger partial charge in [0.05, 0.1) is 19.6 Å². The average Bonchev–Trinajstić information content (AvgIpc) is 2.67. The third-order valence-electron chi connectivity index (χ3n) is 4.05. The van der Waals surface area contributed by atoms with Gasteiger partial charge in [0, 0.05) is 34.2 Å². The molecule has 0 bridgehead atoms. The van der Waals surface area contributed by atoms with E-state index in [1.54, 1.807) is 21.3 Å². The first-order valence-electron chi connectivity index (χ1n) is 6.05. The first-order chi connectivity index (χ1) is 7.55. The fourth-order valence-electron chi connectivity index (χ4n) is 2.92. The predicted molar refractivity (Wildman–Crippen MR) is 66.0 cm³/mol. The Labute approximate surface area is 100 Å². The van der Waals surface area contributed by atoms with Gasteiger partial charge in [-0.1, -0.05) is 6.92 Å². The topological polar surface area (TPSA) is 27.7 Å². The highest BCUT2D eigenvalue weighted by atomic mass is 28.4. The van der Waals surface area contributed by atoms with E-state index in [0.29, 0.717) is 0 Å². The van der Waals surface area contributed by atoms with Crippen molar-refractivity contribution in [1.29, 1.82) is 0 Å². The largest absolute Gasteiger partial charge is 0.558 e. The second kappa shape index (κ2) is 5.60. The van der Waals surface area contributed by atoms with Crippen LogP contribution in [0, 0.1) is 0 Å². The number of rotatable bonds is 6. The van der Waals surface area contributed by atoms with Gasteiger partial charge < -0.3 is 17.8 Å². The molecule has 0 N–H and O–H groups in total. The van der Waals surface area contributed by atoms with Crippen LogP contribution in [0.15, 0.2) is 0 Å². The molecule has 16 heavy (non-hydrogen) atoms. The summed E-state index contributed by atoms with van der Waals surface area (Å²) in [6.07, 6.45) is 4.72. The zero-order valence-electron chi connectivity index (χ0n) is 11.3. The van der Waals surface area contributed by atoms with Crippen molar-refractivity contribution in [2.24, 2.45) is 0 Å². The van der Waals surface area contributed by atoms with Gasteiger partial charge in [-0.3, -0.25) is 0 Å². The van der Waals surface area contributed by atoms with E-state index in [2.05, 4.69) is 14.0 Å². The van der Waals surface area contributed by atoms with Crippen molar-refractivity contribution in [2.75, 3.05) is 41.1 Å². The molecule has 0 radical (unpaired) electrons. The molecule has 1 fully saturated rings. The SMILES string of the molecule is CCC1CCC[N+]1(C)C[Si](OC)(OC)OC. The van der Waals surface area contributed by atoms with Gasteiger partial charge in [-0.2, -0.15) is 0 Å². The van der Waals surface area contributed by atoms with Crippen LogP contribution in [0.25, 0.3) is 0 Å². The third kappa shape index (κ3) is 2.65. The standard InChI is InChI=1S/C11H26NO3Si/c1-6-11-8-7-9-12(11,2)10-16(13-3,14-4)15-5/h11H,6-10H2,1-5H3/q+1. The number of likely N-dealkylation sites (tertiary alicyclic amines) is 1. The van der Waals surface area contributed by atoms with Gasteiger partial charge in [0.25, 0.3) is 0 Å². The zero-order valence-corrected chi connectivity index (χ0v) is 12.3. The molecule has 1 rings (SSSR count). The summed E-state index contributed by atoms with van der Waals surface area (Å²) in [4.78, 5) is 0. The Morgan fingerprint density at radius 1 is 1.19 bits per heavy atom. The summed E-state index contributed by atoms with van der Waals surface area (Å²) in [6.45, 7) is 3.48. The maximum absolute atomic E-state index is 5.54. The van der Waals surface area contributed by atoms with E-state index in [-0.39, 0.29) is 0 Å². The fraction of sp³-hybridized carbons (Fsp3) is 1.00. The Morgan fingerprint density at radius 3 is 2.19 bits per heavy atom. The molecule has 2 atom stereocenters. The Hall–Kier alpha value is 0.0569. The highest BCUT2D eigenvalue weighted by Crippen LogP contribution is 2.29. The molecule has 1 heterocycles. The molecule has 0 aromatic heterocycles. The van der Waals surface area contributed by atoms with Crippen LogP contribution in [0.1, 0.15) is 26.2 Å². The van der Waals surface area contributed by atoms with Crippen molar-refractivity contribution < 1.29 is 17.8 Å². The van der Waals surface area contributed by atoms with Crippen LogP contribution >= 0.6 is 0 Å². The van der Waals surface area contributed by atoms with E-state index in [9.17, 15) is 0 Å². The van der Waals surface area contributed by atoms with E-state index < -0.39 is 8.80 Å². The smallest absolute Gasteiger partial charge is 0.374 e. The number of quaternary nitrogens is 1. The number of hydrogen-bond donors (Lipinski definition) is 0. The predicted octanol–water partition coefficient (Wildman–Crippen LogP) is 1.42. The van der Waals surface area contributed by atoms with Gasteiger partial charge in [0.2, 0.25) is 0 Å². The minimum atomic E-state index is -2.44. The lowest BCUT2D eigenvalue weighted by atomic mass is 10.1. The molecule has 1 aliphatic rings. The monoisotopic (exact) mass is 248 g/mol. The summed E-state index contributed by atoms with van der Waals surface area (Å²) >= 11 is 0. The molecule has 5 heteroatoms. The molecular weight excluding hydrogens is 222 g/mol. The van der Waals surface area contributed by atoms with Gasteiger partial charge in [-0.05, 0) is 6.42 Å². The zero-order chi connectivity index (χ0) is 12.2. The molecule has 1 saturated heterocycles. The average molecular weight is 248 g/mol. The van der Waals surface area contributed by atoms with E-state index in [0.717, 1.165) is 16.7 Å². The maximum Gasteiger partial charge on any atom is 0.558 e.